The average molecular weight is 302 g/mol. The number of rotatable bonds is 4. The van der Waals surface area contributed by atoms with Gasteiger partial charge in [0.2, 0.25) is 5.91 Å². The summed E-state index contributed by atoms with van der Waals surface area (Å²) in [4.78, 5) is 12.5. The van der Waals surface area contributed by atoms with Crippen molar-refractivity contribution in [2.45, 2.75) is 18.7 Å². The van der Waals surface area contributed by atoms with Gasteiger partial charge in [0.25, 0.3) is 0 Å². The largest absolute Gasteiger partial charge is 0.398 e. The highest BCUT2D eigenvalue weighted by Gasteiger charge is 2.13. The standard InChI is InChI=1S/C16H18N2O2S/c1-11-7-8-14(12(2)9-11)18-16(19)10-21(20)15-6-4-3-5-13(15)17/h3-9H,10,17H2,1-2H3,(H,18,19)/t21-/m1/s1. The lowest BCUT2D eigenvalue weighted by molar-refractivity contribution is -0.113. The van der Waals surface area contributed by atoms with Gasteiger partial charge in [-0.2, -0.15) is 0 Å². The van der Waals surface area contributed by atoms with E-state index in [1.54, 1.807) is 24.3 Å². The number of hydrogen-bond donors (Lipinski definition) is 2. The van der Waals surface area contributed by atoms with Gasteiger partial charge in [0.15, 0.2) is 0 Å². The van der Waals surface area contributed by atoms with Crippen molar-refractivity contribution >= 4 is 28.1 Å². The second kappa shape index (κ2) is 6.54. The maximum absolute atomic E-state index is 12.2. The van der Waals surface area contributed by atoms with Gasteiger partial charge in [-0.15, -0.1) is 0 Å². The zero-order valence-electron chi connectivity index (χ0n) is 12.1. The molecule has 1 amide bonds. The molecule has 0 spiro atoms. The van der Waals surface area contributed by atoms with Crippen molar-refractivity contribution < 1.29 is 9.00 Å². The number of aryl methyl sites for hydroxylation is 2. The van der Waals surface area contributed by atoms with Crippen molar-refractivity contribution in [2.24, 2.45) is 0 Å². The summed E-state index contributed by atoms with van der Waals surface area (Å²) in [6, 6.07) is 12.6. The number of hydrogen-bond acceptors (Lipinski definition) is 3. The monoisotopic (exact) mass is 302 g/mol. The summed E-state index contributed by atoms with van der Waals surface area (Å²) in [5, 5.41) is 2.78. The summed E-state index contributed by atoms with van der Waals surface area (Å²) in [5.41, 5.74) is 9.06. The fourth-order valence-corrected chi connectivity index (χ4v) is 3.05. The smallest absolute Gasteiger partial charge is 0.237 e. The Balaban J connectivity index is 2.05. The first-order chi connectivity index (χ1) is 9.97. The van der Waals surface area contributed by atoms with Crippen LogP contribution in [0.2, 0.25) is 0 Å². The predicted octanol–water partition coefficient (Wildman–Crippen LogP) is 2.63. The van der Waals surface area contributed by atoms with E-state index in [1.807, 2.05) is 32.0 Å². The fraction of sp³-hybridized carbons (Fsp3) is 0.188. The first-order valence-corrected chi connectivity index (χ1v) is 7.89. The Bertz CT molecular complexity index is 698. The summed E-state index contributed by atoms with van der Waals surface area (Å²) >= 11 is 0. The molecule has 0 aromatic heterocycles. The molecule has 0 saturated heterocycles. The van der Waals surface area contributed by atoms with Crippen LogP contribution in [-0.2, 0) is 15.6 Å². The number of nitrogens with one attached hydrogen (secondary N) is 1. The normalized spacial score (nSPS) is 11.9. The quantitative estimate of drug-likeness (QED) is 0.853. The summed E-state index contributed by atoms with van der Waals surface area (Å²) in [7, 11) is -1.45. The zero-order chi connectivity index (χ0) is 15.4. The van der Waals surface area contributed by atoms with Gasteiger partial charge in [0.05, 0.1) is 15.7 Å². The molecule has 2 aromatic rings. The number of carbonyl (C=O) groups is 1. The highest BCUT2D eigenvalue weighted by atomic mass is 32.2. The van der Waals surface area contributed by atoms with Crippen LogP contribution in [0.15, 0.2) is 47.4 Å². The third kappa shape index (κ3) is 3.92. The number of benzene rings is 2. The van der Waals surface area contributed by atoms with Crippen LogP contribution in [0.25, 0.3) is 0 Å². The number of carbonyl (C=O) groups excluding carboxylic acids is 1. The van der Waals surface area contributed by atoms with Gasteiger partial charge in [-0.25, -0.2) is 0 Å². The predicted molar refractivity (Wildman–Crippen MR) is 86.7 cm³/mol. The van der Waals surface area contributed by atoms with Crippen LogP contribution in [0.1, 0.15) is 11.1 Å². The maximum atomic E-state index is 12.2. The third-order valence-electron chi connectivity index (χ3n) is 3.08. The van der Waals surface area contributed by atoms with Crippen LogP contribution in [-0.4, -0.2) is 15.9 Å². The van der Waals surface area contributed by atoms with Crippen LogP contribution < -0.4 is 11.1 Å². The Hall–Kier alpha value is -2.14. The van der Waals surface area contributed by atoms with E-state index in [2.05, 4.69) is 5.32 Å². The Morgan fingerprint density at radius 1 is 1.19 bits per heavy atom. The minimum atomic E-state index is -1.45. The van der Waals surface area contributed by atoms with Gasteiger partial charge in [0, 0.05) is 11.4 Å². The molecule has 1 atom stereocenters. The molecule has 0 radical (unpaired) electrons. The summed E-state index contributed by atoms with van der Waals surface area (Å²) in [5.74, 6) is -0.398. The molecule has 0 saturated carbocycles. The molecule has 4 nitrogen and oxygen atoms in total. The zero-order valence-corrected chi connectivity index (χ0v) is 12.9. The molecule has 110 valence electrons. The molecule has 0 unspecified atom stereocenters. The van der Waals surface area contributed by atoms with Gasteiger partial charge >= 0.3 is 0 Å². The SMILES string of the molecule is Cc1ccc(NC(=O)C[S@@](=O)c2ccccc2N)c(C)c1. The lowest BCUT2D eigenvalue weighted by Crippen LogP contribution is -2.20. The van der Waals surface area contributed by atoms with E-state index in [-0.39, 0.29) is 11.7 Å². The molecular formula is C16H18N2O2S. The summed E-state index contributed by atoms with van der Waals surface area (Å²) in [6.07, 6.45) is 0. The lowest BCUT2D eigenvalue weighted by atomic mass is 10.1. The third-order valence-corrected chi connectivity index (χ3v) is 4.47. The number of amides is 1. The lowest BCUT2D eigenvalue weighted by Gasteiger charge is -2.09. The molecule has 0 fully saturated rings. The average Bonchev–Trinajstić information content (AvgIpc) is 2.42. The van der Waals surface area contributed by atoms with Crippen molar-refractivity contribution in [1.29, 1.82) is 0 Å². The molecule has 5 heteroatoms. The van der Waals surface area contributed by atoms with Crippen LogP contribution in [0.5, 0.6) is 0 Å². The van der Waals surface area contributed by atoms with Gasteiger partial charge in [0.1, 0.15) is 5.75 Å². The minimum Gasteiger partial charge on any atom is -0.398 e. The number of nitrogens with two attached hydrogens (primary N) is 1. The van der Waals surface area contributed by atoms with Gasteiger partial charge in [-0.3, -0.25) is 9.00 Å². The second-order valence-corrected chi connectivity index (χ2v) is 6.31. The second-order valence-electron chi connectivity index (χ2n) is 4.89. The molecule has 21 heavy (non-hydrogen) atoms. The Kier molecular flexibility index (Phi) is 4.75. The van der Waals surface area contributed by atoms with E-state index >= 15 is 0 Å². The van der Waals surface area contributed by atoms with E-state index in [0.717, 1.165) is 16.8 Å². The molecule has 0 aliphatic carbocycles. The number of para-hydroxylation sites is 1. The summed E-state index contributed by atoms with van der Waals surface area (Å²) in [6.45, 7) is 3.92. The van der Waals surface area contributed by atoms with Crippen LogP contribution in [0.4, 0.5) is 11.4 Å². The van der Waals surface area contributed by atoms with Crippen molar-refractivity contribution in [1.82, 2.24) is 0 Å². The summed E-state index contributed by atoms with van der Waals surface area (Å²) < 4.78 is 12.2. The molecule has 2 aromatic carbocycles. The molecule has 2 rings (SSSR count). The highest BCUT2D eigenvalue weighted by molar-refractivity contribution is 7.86. The fourth-order valence-electron chi connectivity index (χ4n) is 2.02. The molecule has 0 heterocycles. The van der Waals surface area contributed by atoms with Gasteiger partial charge in [-0.1, -0.05) is 29.8 Å². The molecule has 0 bridgehead atoms. The van der Waals surface area contributed by atoms with Crippen molar-refractivity contribution in [3.8, 4) is 0 Å². The Labute approximate surface area is 126 Å². The molecular weight excluding hydrogens is 284 g/mol. The van der Waals surface area contributed by atoms with E-state index in [4.69, 9.17) is 5.73 Å². The van der Waals surface area contributed by atoms with Gasteiger partial charge < -0.3 is 11.1 Å². The number of nitrogen functional groups attached to an aromatic ring is 1. The highest BCUT2D eigenvalue weighted by Crippen LogP contribution is 2.18. The number of anilines is 2. The maximum Gasteiger partial charge on any atom is 0.237 e. The minimum absolute atomic E-state index is 0.110. The first kappa shape index (κ1) is 15.3. The van der Waals surface area contributed by atoms with Crippen LogP contribution >= 0.6 is 0 Å². The van der Waals surface area contributed by atoms with E-state index < -0.39 is 10.8 Å². The Morgan fingerprint density at radius 3 is 2.57 bits per heavy atom. The molecule has 0 aliphatic rings. The van der Waals surface area contributed by atoms with Crippen molar-refractivity contribution in [3.05, 3.63) is 53.6 Å². The molecule has 0 aliphatic heterocycles. The van der Waals surface area contributed by atoms with Crippen molar-refractivity contribution in [2.75, 3.05) is 16.8 Å². The van der Waals surface area contributed by atoms with E-state index in [0.29, 0.717) is 10.6 Å². The molecule has 3 N–H and O–H groups in total. The van der Waals surface area contributed by atoms with Crippen LogP contribution in [0, 0.1) is 13.8 Å². The van der Waals surface area contributed by atoms with Crippen LogP contribution in [0.3, 0.4) is 0 Å². The van der Waals surface area contributed by atoms with E-state index in [9.17, 15) is 9.00 Å². The topological polar surface area (TPSA) is 72.2 Å². The van der Waals surface area contributed by atoms with Crippen molar-refractivity contribution in [3.63, 3.8) is 0 Å². The van der Waals surface area contributed by atoms with Gasteiger partial charge in [-0.05, 0) is 37.6 Å². The Morgan fingerprint density at radius 2 is 1.90 bits per heavy atom. The first-order valence-electron chi connectivity index (χ1n) is 6.57. The van der Waals surface area contributed by atoms with E-state index in [1.165, 1.54) is 0 Å².